The van der Waals surface area contributed by atoms with Gasteiger partial charge in [0.1, 0.15) is 5.65 Å². The average Bonchev–Trinajstić information content (AvgIpc) is 2.64. The van der Waals surface area contributed by atoms with E-state index in [0.29, 0.717) is 22.9 Å². The fraction of sp³-hybridized carbons (Fsp3) is 0.273. The summed E-state index contributed by atoms with van der Waals surface area (Å²) in [5.74, 6) is 0. The van der Waals surface area contributed by atoms with Gasteiger partial charge in [-0.3, -0.25) is 4.79 Å². The topological polar surface area (TPSA) is 34.9 Å². The van der Waals surface area contributed by atoms with Gasteiger partial charge in [-0.15, -0.1) is 0 Å². The monoisotopic (exact) mass is 242 g/mol. The van der Waals surface area contributed by atoms with Crippen LogP contribution in [0.25, 0.3) is 11.0 Å². The minimum Gasteiger partial charge on any atom is -0.331 e. The molecule has 0 N–H and O–H groups in total. The highest BCUT2D eigenvalue weighted by atomic mass is 19.4. The third-order valence-corrected chi connectivity index (χ3v) is 2.43. The number of hydrogen-bond donors (Lipinski definition) is 0. The number of aryl methyl sites for hydroxylation is 1. The third kappa shape index (κ3) is 2.46. The summed E-state index contributed by atoms with van der Waals surface area (Å²) in [5.41, 5.74) is 0.758. The van der Waals surface area contributed by atoms with E-state index in [4.69, 9.17) is 0 Å². The van der Waals surface area contributed by atoms with Crippen LogP contribution in [0.1, 0.15) is 16.8 Å². The Bertz CT molecular complexity index is 545. The Labute approximate surface area is 94.9 Å². The van der Waals surface area contributed by atoms with Crippen LogP contribution in [0.15, 0.2) is 24.5 Å². The number of aldehydes is 1. The molecule has 2 rings (SSSR count). The summed E-state index contributed by atoms with van der Waals surface area (Å²) in [7, 11) is 0. The maximum absolute atomic E-state index is 12.1. The summed E-state index contributed by atoms with van der Waals surface area (Å²) in [5, 5.41) is 0.574. The van der Waals surface area contributed by atoms with Crippen molar-refractivity contribution in [2.75, 3.05) is 0 Å². The molecule has 0 atom stereocenters. The molecule has 17 heavy (non-hydrogen) atoms. The molecular weight excluding hydrogens is 233 g/mol. The predicted octanol–water partition coefficient (Wildman–Crippen LogP) is 2.80. The molecule has 0 spiro atoms. The molecule has 0 aromatic carbocycles. The summed E-state index contributed by atoms with van der Waals surface area (Å²) < 4.78 is 37.7. The first-order valence-corrected chi connectivity index (χ1v) is 4.97. The van der Waals surface area contributed by atoms with Crippen molar-refractivity contribution in [2.45, 2.75) is 19.1 Å². The van der Waals surface area contributed by atoms with Crippen molar-refractivity contribution in [1.82, 2.24) is 9.55 Å². The highest BCUT2D eigenvalue weighted by Gasteiger charge is 2.27. The number of carbonyl (C=O) groups is 1. The summed E-state index contributed by atoms with van der Waals surface area (Å²) in [6.45, 7) is -0.231. The van der Waals surface area contributed by atoms with Gasteiger partial charge in [-0.25, -0.2) is 4.98 Å². The third-order valence-electron chi connectivity index (χ3n) is 2.43. The minimum absolute atomic E-state index is 0.231. The minimum atomic E-state index is -4.22. The number of aromatic nitrogens is 2. The molecule has 0 amide bonds. The number of rotatable bonds is 3. The Hall–Kier alpha value is -1.85. The Balaban J connectivity index is 2.37. The Morgan fingerprint density at radius 1 is 1.41 bits per heavy atom. The number of pyridine rings is 1. The maximum Gasteiger partial charge on any atom is 0.390 e. The van der Waals surface area contributed by atoms with Gasteiger partial charge in [0.15, 0.2) is 6.29 Å². The molecule has 0 unspecified atom stereocenters. The second-order valence-electron chi connectivity index (χ2n) is 3.64. The van der Waals surface area contributed by atoms with Crippen molar-refractivity contribution < 1.29 is 18.0 Å². The van der Waals surface area contributed by atoms with Gasteiger partial charge in [-0.1, -0.05) is 0 Å². The van der Waals surface area contributed by atoms with Crippen molar-refractivity contribution in [2.24, 2.45) is 0 Å². The van der Waals surface area contributed by atoms with E-state index in [1.807, 2.05) is 0 Å². The molecule has 0 fully saturated rings. The smallest absolute Gasteiger partial charge is 0.331 e. The molecule has 0 saturated carbocycles. The Morgan fingerprint density at radius 2 is 2.18 bits per heavy atom. The van der Waals surface area contributed by atoms with Gasteiger partial charge in [0, 0.05) is 29.9 Å². The fourth-order valence-electron chi connectivity index (χ4n) is 1.66. The van der Waals surface area contributed by atoms with Crippen LogP contribution in [0.5, 0.6) is 0 Å². The summed E-state index contributed by atoms with van der Waals surface area (Å²) in [6.07, 6.45) is -1.65. The molecule has 90 valence electrons. The summed E-state index contributed by atoms with van der Waals surface area (Å²) in [6, 6.07) is 3.31. The number of carbonyl (C=O) groups excluding carboxylic acids is 1. The number of halogens is 3. The van der Waals surface area contributed by atoms with E-state index in [0.717, 1.165) is 0 Å². The van der Waals surface area contributed by atoms with E-state index in [1.165, 1.54) is 17.0 Å². The van der Waals surface area contributed by atoms with Crippen LogP contribution in [0.2, 0.25) is 0 Å². The van der Waals surface area contributed by atoms with E-state index in [-0.39, 0.29) is 6.54 Å². The standard InChI is InChI=1S/C11H9F3N2O/c12-11(13,14)3-5-16-6-8(7-17)9-2-1-4-15-10(9)16/h1-2,4,6-7H,3,5H2. The Kier molecular flexibility index (Phi) is 2.87. The van der Waals surface area contributed by atoms with E-state index < -0.39 is 12.6 Å². The van der Waals surface area contributed by atoms with Crippen molar-refractivity contribution in [3.63, 3.8) is 0 Å². The second-order valence-corrected chi connectivity index (χ2v) is 3.64. The van der Waals surface area contributed by atoms with Gasteiger partial charge in [0.2, 0.25) is 0 Å². The quantitative estimate of drug-likeness (QED) is 0.776. The van der Waals surface area contributed by atoms with Gasteiger partial charge >= 0.3 is 6.18 Å². The van der Waals surface area contributed by atoms with Gasteiger partial charge < -0.3 is 4.57 Å². The first-order valence-electron chi connectivity index (χ1n) is 4.97. The van der Waals surface area contributed by atoms with Gasteiger partial charge in [0.05, 0.1) is 6.42 Å². The molecule has 6 heteroatoms. The van der Waals surface area contributed by atoms with E-state index >= 15 is 0 Å². The molecule has 0 bridgehead atoms. The van der Waals surface area contributed by atoms with Crippen molar-refractivity contribution in [1.29, 1.82) is 0 Å². The van der Waals surface area contributed by atoms with Crippen LogP contribution in [0.3, 0.4) is 0 Å². The number of alkyl halides is 3. The first-order chi connectivity index (χ1) is 8.01. The van der Waals surface area contributed by atoms with E-state index in [1.54, 1.807) is 12.1 Å². The SMILES string of the molecule is O=Cc1cn(CCC(F)(F)F)c2ncccc12. The van der Waals surface area contributed by atoms with Crippen LogP contribution in [0.4, 0.5) is 13.2 Å². The van der Waals surface area contributed by atoms with Crippen molar-refractivity contribution >= 4 is 17.3 Å². The largest absolute Gasteiger partial charge is 0.390 e. The molecule has 0 aliphatic rings. The molecule has 0 aliphatic carbocycles. The zero-order chi connectivity index (χ0) is 12.5. The maximum atomic E-state index is 12.1. The highest BCUT2D eigenvalue weighted by molar-refractivity contribution is 5.95. The van der Waals surface area contributed by atoms with Crippen LogP contribution < -0.4 is 0 Å². The molecule has 2 aromatic heterocycles. The highest BCUT2D eigenvalue weighted by Crippen LogP contribution is 2.23. The molecule has 0 saturated heterocycles. The number of hydrogen-bond acceptors (Lipinski definition) is 2. The van der Waals surface area contributed by atoms with Gasteiger partial charge in [-0.05, 0) is 12.1 Å². The van der Waals surface area contributed by atoms with Crippen LogP contribution in [0, 0.1) is 0 Å². The molecule has 2 heterocycles. The molecule has 3 nitrogen and oxygen atoms in total. The summed E-state index contributed by atoms with van der Waals surface area (Å²) in [4.78, 5) is 14.8. The van der Waals surface area contributed by atoms with E-state index in [2.05, 4.69) is 4.98 Å². The average molecular weight is 242 g/mol. The zero-order valence-electron chi connectivity index (χ0n) is 8.74. The lowest BCUT2D eigenvalue weighted by molar-refractivity contribution is -0.136. The first kappa shape index (κ1) is 11.6. The number of nitrogens with zero attached hydrogens (tertiary/aromatic N) is 2. The Morgan fingerprint density at radius 3 is 2.82 bits per heavy atom. The zero-order valence-corrected chi connectivity index (χ0v) is 8.74. The summed E-state index contributed by atoms with van der Waals surface area (Å²) >= 11 is 0. The normalized spacial score (nSPS) is 11.9. The molecular formula is C11H9F3N2O. The lowest BCUT2D eigenvalue weighted by Crippen LogP contribution is -2.11. The fourth-order valence-corrected chi connectivity index (χ4v) is 1.66. The van der Waals surface area contributed by atoms with Crippen LogP contribution in [-0.2, 0) is 6.54 Å². The lowest BCUT2D eigenvalue weighted by atomic mass is 10.2. The molecule has 0 aliphatic heterocycles. The predicted molar refractivity (Wildman–Crippen MR) is 55.8 cm³/mol. The second kappa shape index (κ2) is 4.20. The van der Waals surface area contributed by atoms with Gasteiger partial charge in [0.25, 0.3) is 0 Å². The van der Waals surface area contributed by atoms with Crippen LogP contribution in [-0.4, -0.2) is 22.0 Å². The molecule has 0 radical (unpaired) electrons. The van der Waals surface area contributed by atoms with E-state index in [9.17, 15) is 18.0 Å². The van der Waals surface area contributed by atoms with Crippen molar-refractivity contribution in [3.05, 3.63) is 30.1 Å². The van der Waals surface area contributed by atoms with Crippen molar-refractivity contribution in [3.8, 4) is 0 Å². The number of fused-ring (bicyclic) bond motifs is 1. The van der Waals surface area contributed by atoms with Crippen LogP contribution >= 0.6 is 0 Å². The van der Waals surface area contributed by atoms with Gasteiger partial charge in [-0.2, -0.15) is 13.2 Å². The lowest BCUT2D eigenvalue weighted by Gasteiger charge is -2.07. The molecule has 2 aromatic rings.